The molecule has 0 saturated carbocycles. The maximum absolute atomic E-state index is 12.5. The summed E-state index contributed by atoms with van der Waals surface area (Å²) in [4.78, 5) is 17.1. The highest BCUT2D eigenvalue weighted by atomic mass is 32.2. The summed E-state index contributed by atoms with van der Waals surface area (Å²) in [6, 6.07) is 13.3. The number of thioether (sulfide) groups is 2. The van der Waals surface area contributed by atoms with Gasteiger partial charge < -0.3 is 21.2 Å². The van der Waals surface area contributed by atoms with Gasteiger partial charge in [0.2, 0.25) is 11.1 Å². The summed E-state index contributed by atoms with van der Waals surface area (Å²) >= 11 is 4.64. The summed E-state index contributed by atoms with van der Waals surface area (Å²) in [6.45, 7) is 2.55. The lowest BCUT2D eigenvalue weighted by molar-refractivity contribution is -0.113. The molecule has 0 radical (unpaired) electrons. The van der Waals surface area contributed by atoms with E-state index in [1.807, 2.05) is 42.5 Å². The van der Waals surface area contributed by atoms with E-state index in [1.165, 1.54) is 16.4 Å². The van der Waals surface area contributed by atoms with Crippen molar-refractivity contribution in [3.63, 3.8) is 0 Å². The van der Waals surface area contributed by atoms with Crippen LogP contribution in [-0.2, 0) is 11.3 Å². The van der Waals surface area contributed by atoms with Crippen LogP contribution in [-0.4, -0.2) is 44.4 Å². The molecule has 0 atom stereocenters. The van der Waals surface area contributed by atoms with Crippen molar-refractivity contribution in [2.24, 2.45) is 0 Å². The average Bonchev–Trinajstić information content (AvgIpc) is 3.42. The molecule has 0 unspecified atom stereocenters. The fourth-order valence-electron chi connectivity index (χ4n) is 2.98. The molecule has 4 rings (SSSR count). The highest BCUT2D eigenvalue weighted by Gasteiger charge is 2.13. The zero-order chi connectivity index (χ0) is 23.9. The van der Waals surface area contributed by atoms with Crippen LogP contribution in [0.1, 0.15) is 19.2 Å². The number of thiazole rings is 1. The smallest absolute Gasteiger partial charge is 0.234 e. The van der Waals surface area contributed by atoms with Crippen LogP contribution < -0.4 is 21.2 Å². The summed E-state index contributed by atoms with van der Waals surface area (Å²) in [5.41, 5.74) is 2.60. The lowest BCUT2D eigenvalue weighted by Crippen LogP contribution is -2.18. The third-order valence-corrected chi connectivity index (χ3v) is 8.00. The molecule has 4 N–H and O–H groups in total. The molecule has 0 spiro atoms. The number of nitrogen functional groups attached to an aromatic ring is 1. The highest BCUT2D eigenvalue weighted by molar-refractivity contribution is 8.01. The summed E-state index contributed by atoms with van der Waals surface area (Å²) < 4.78 is 8.66. The Kier molecular flexibility index (Phi) is 8.14. The number of hydrogen-bond acceptors (Lipinski definition) is 10. The SMILES string of the molecule is CCCSc1nc2ccc(NC(=O)CSc3nnc(CNc4ccc(OC)cc4)n3N)cc2s1. The molecule has 4 aromatic rings. The highest BCUT2D eigenvalue weighted by Crippen LogP contribution is 2.31. The number of hydrogen-bond donors (Lipinski definition) is 3. The number of rotatable bonds is 11. The molecule has 9 nitrogen and oxygen atoms in total. The first-order valence-electron chi connectivity index (χ1n) is 10.6. The lowest BCUT2D eigenvalue weighted by atomic mass is 10.3. The number of amides is 1. The van der Waals surface area contributed by atoms with Crippen LogP contribution in [0.25, 0.3) is 10.2 Å². The number of anilines is 2. The molecular weight excluding hydrogens is 490 g/mol. The van der Waals surface area contributed by atoms with Crippen molar-refractivity contribution in [3.05, 3.63) is 48.3 Å². The minimum atomic E-state index is -0.143. The molecule has 34 heavy (non-hydrogen) atoms. The molecule has 0 aliphatic carbocycles. The molecule has 0 bridgehead atoms. The van der Waals surface area contributed by atoms with E-state index in [0.717, 1.165) is 43.9 Å². The second-order valence-corrected chi connectivity index (χ2v) is 10.5. The quantitative estimate of drug-likeness (QED) is 0.196. The van der Waals surface area contributed by atoms with Gasteiger partial charge in [-0.2, -0.15) is 0 Å². The molecule has 12 heteroatoms. The zero-order valence-electron chi connectivity index (χ0n) is 18.8. The fourth-order valence-corrected chi connectivity index (χ4v) is 5.68. The normalized spacial score (nSPS) is 11.0. The number of carbonyl (C=O) groups excluding carboxylic acids is 1. The van der Waals surface area contributed by atoms with Crippen molar-refractivity contribution in [1.29, 1.82) is 0 Å². The third kappa shape index (κ3) is 6.13. The van der Waals surface area contributed by atoms with Gasteiger partial charge >= 0.3 is 0 Å². The van der Waals surface area contributed by atoms with Crippen LogP contribution in [0, 0.1) is 0 Å². The van der Waals surface area contributed by atoms with Gasteiger partial charge in [0.05, 0.1) is 29.6 Å². The van der Waals surface area contributed by atoms with Gasteiger partial charge in [-0.05, 0) is 48.9 Å². The topological polar surface area (TPSA) is 120 Å². The Labute approximate surface area is 209 Å². The summed E-state index contributed by atoms with van der Waals surface area (Å²) in [6.07, 6.45) is 1.11. The minimum Gasteiger partial charge on any atom is -0.497 e. The van der Waals surface area contributed by atoms with Crippen LogP contribution in [0.15, 0.2) is 52.0 Å². The second kappa shape index (κ2) is 11.4. The minimum absolute atomic E-state index is 0.143. The van der Waals surface area contributed by atoms with E-state index in [1.54, 1.807) is 30.2 Å². The van der Waals surface area contributed by atoms with Gasteiger partial charge in [0, 0.05) is 17.1 Å². The summed E-state index contributed by atoms with van der Waals surface area (Å²) in [7, 11) is 1.63. The average molecular weight is 516 g/mol. The van der Waals surface area contributed by atoms with Crippen molar-refractivity contribution in [2.45, 2.75) is 29.4 Å². The van der Waals surface area contributed by atoms with Gasteiger partial charge in [0.1, 0.15) is 5.75 Å². The molecule has 2 aromatic heterocycles. The molecular formula is C22H25N7O2S3. The number of benzene rings is 2. The maximum Gasteiger partial charge on any atom is 0.234 e. The maximum atomic E-state index is 12.5. The Morgan fingerprint density at radius 1 is 1.15 bits per heavy atom. The Morgan fingerprint density at radius 3 is 2.71 bits per heavy atom. The third-order valence-electron chi connectivity index (χ3n) is 4.69. The van der Waals surface area contributed by atoms with Gasteiger partial charge in [-0.15, -0.1) is 21.5 Å². The fraction of sp³-hybridized carbons (Fsp3) is 0.273. The number of aromatic nitrogens is 4. The van der Waals surface area contributed by atoms with Gasteiger partial charge in [-0.25, -0.2) is 9.66 Å². The first kappa shape index (κ1) is 24.2. The monoisotopic (exact) mass is 515 g/mol. The number of nitrogens with zero attached hydrogens (tertiary/aromatic N) is 4. The van der Waals surface area contributed by atoms with E-state index in [2.05, 4.69) is 32.7 Å². The Bertz CT molecular complexity index is 1260. The standard InChI is InChI=1S/C22H25N7O2S3/c1-3-10-32-22-26-17-9-6-15(11-18(17)34-22)25-20(30)13-33-21-28-27-19(29(21)23)12-24-14-4-7-16(31-2)8-5-14/h4-9,11,24H,3,10,12-13,23H2,1-2H3,(H,25,30). The molecule has 0 saturated heterocycles. The van der Waals surface area contributed by atoms with Crippen molar-refractivity contribution < 1.29 is 9.53 Å². The lowest BCUT2D eigenvalue weighted by Gasteiger charge is -2.08. The van der Waals surface area contributed by atoms with E-state index < -0.39 is 0 Å². The predicted octanol–water partition coefficient (Wildman–Crippen LogP) is 4.46. The molecule has 0 fully saturated rings. The van der Waals surface area contributed by atoms with Crippen molar-refractivity contribution in [2.75, 3.05) is 35.1 Å². The molecule has 178 valence electrons. The molecule has 1 amide bonds. The van der Waals surface area contributed by atoms with E-state index in [-0.39, 0.29) is 11.7 Å². The number of carbonyl (C=O) groups is 1. The largest absolute Gasteiger partial charge is 0.497 e. The number of methoxy groups -OCH3 is 1. The number of nitrogens with one attached hydrogen (secondary N) is 2. The van der Waals surface area contributed by atoms with E-state index in [4.69, 9.17) is 10.6 Å². The molecule has 2 aromatic carbocycles. The number of fused-ring (bicyclic) bond motifs is 1. The van der Waals surface area contributed by atoms with Gasteiger partial charge in [0.15, 0.2) is 10.2 Å². The van der Waals surface area contributed by atoms with Crippen LogP contribution in [0.3, 0.4) is 0 Å². The molecule has 0 aliphatic rings. The summed E-state index contributed by atoms with van der Waals surface area (Å²) in [5, 5.41) is 14.9. The first-order chi connectivity index (χ1) is 16.6. The van der Waals surface area contributed by atoms with E-state index in [9.17, 15) is 4.79 Å². The number of nitrogens with two attached hydrogens (primary N) is 1. The Morgan fingerprint density at radius 2 is 1.94 bits per heavy atom. The number of ether oxygens (including phenoxy) is 1. The van der Waals surface area contributed by atoms with Gasteiger partial charge in [-0.3, -0.25) is 4.79 Å². The van der Waals surface area contributed by atoms with Gasteiger partial charge in [0.25, 0.3) is 0 Å². The van der Waals surface area contributed by atoms with Crippen molar-refractivity contribution in [3.8, 4) is 5.75 Å². The molecule has 0 aliphatic heterocycles. The predicted molar refractivity (Wildman–Crippen MR) is 140 cm³/mol. The van der Waals surface area contributed by atoms with Gasteiger partial charge in [-0.1, -0.05) is 30.4 Å². The Balaban J connectivity index is 1.29. The second-order valence-electron chi connectivity index (χ2n) is 7.20. The van der Waals surface area contributed by atoms with Crippen molar-refractivity contribution in [1.82, 2.24) is 19.9 Å². The zero-order valence-corrected chi connectivity index (χ0v) is 21.2. The van der Waals surface area contributed by atoms with E-state index in [0.29, 0.717) is 17.5 Å². The summed E-state index contributed by atoms with van der Waals surface area (Å²) in [5.74, 6) is 8.54. The van der Waals surface area contributed by atoms with Crippen LogP contribution >= 0.6 is 34.9 Å². The van der Waals surface area contributed by atoms with Crippen LogP contribution in [0.5, 0.6) is 5.75 Å². The first-order valence-corrected chi connectivity index (χ1v) is 13.4. The molecule has 2 heterocycles. The van der Waals surface area contributed by atoms with E-state index >= 15 is 0 Å². The van der Waals surface area contributed by atoms with Crippen molar-refractivity contribution >= 4 is 62.4 Å². The van der Waals surface area contributed by atoms with Crippen LogP contribution in [0.2, 0.25) is 0 Å². The Hall–Kier alpha value is -2.96. The van der Waals surface area contributed by atoms with Crippen LogP contribution in [0.4, 0.5) is 11.4 Å².